The molecule has 0 radical (unpaired) electrons. The number of aromatic nitrogens is 6. The number of carbonyl (C=O) groups is 1. The molecule has 1 aliphatic heterocycles. The van der Waals surface area contributed by atoms with Crippen LogP contribution < -0.4 is 0 Å². The molecule has 1 aliphatic rings. The van der Waals surface area contributed by atoms with Crippen LogP contribution in [-0.4, -0.2) is 52.9 Å². The van der Waals surface area contributed by atoms with Crippen LogP contribution in [0, 0.1) is 0 Å². The first-order valence-electron chi connectivity index (χ1n) is 9.02. The van der Waals surface area contributed by atoms with Crippen LogP contribution in [-0.2, 0) is 17.9 Å². The summed E-state index contributed by atoms with van der Waals surface area (Å²) < 4.78 is 3.63. The van der Waals surface area contributed by atoms with Crippen molar-refractivity contribution in [3.05, 3.63) is 60.2 Å². The Hall–Kier alpha value is -3.03. The highest BCUT2D eigenvalue weighted by Crippen LogP contribution is 2.40. The predicted molar refractivity (Wildman–Crippen MR) is 98.9 cm³/mol. The summed E-state index contributed by atoms with van der Waals surface area (Å²) in [5.41, 5.74) is 0.828. The largest absolute Gasteiger partial charge is 0.340 e. The molecule has 4 rings (SSSR count). The first-order valence-corrected chi connectivity index (χ1v) is 9.02. The van der Waals surface area contributed by atoms with Gasteiger partial charge in [0.05, 0.1) is 12.5 Å². The molecule has 0 spiro atoms. The molecule has 1 amide bonds. The molecular weight excluding hydrogens is 342 g/mol. The summed E-state index contributed by atoms with van der Waals surface area (Å²) in [6, 6.07) is 10.2. The van der Waals surface area contributed by atoms with Crippen molar-refractivity contribution >= 4 is 5.91 Å². The van der Waals surface area contributed by atoms with Crippen molar-refractivity contribution in [1.29, 1.82) is 0 Å². The predicted octanol–water partition coefficient (Wildman–Crippen LogP) is 1.69. The maximum absolute atomic E-state index is 12.4. The quantitative estimate of drug-likeness (QED) is 0.687. The molecule has 0 aliphatic carbocycles. The molecular formula is C19H23N7O. The molecule has 1 fully saturated rings. The number of nitrogens with zero attached hydrogens (tertiary/aromatic N) is 7. The topological polar surface area (TPSA) is 81.7 Å². The Morgan fingerprint density at radius 3 is 2.59 bits per heavy atom. The van der Waals surface area contributed by atoms with E-state index < -0.39 is 0 Å². The fourth-order valence-corrected chi connectivity index (χ4v) is 3.58. The summed E-state index contributed by atoms with van der Waals surface area (Å²) in [5, 5.41) is 8.87. The Morgan fingerprint density at radius 1 is 1.19 bits per heavy atom. The van der Waals surface area contributed by atoms with Gasteiger partial charge in [-0.3, -0.25) is 4.79 Å². The van der Waals surface area contributed by atoms with E-state index in [1.54, 1.807) is 11.0 Å². The van der Waals surface area contributed by atoms with Gasteiger partial charge in [-0.2, -0.15) is 10.2 Å². The zero-order valence-corrected chi connectivity index (χ0v) is 15.8. The van der Waals surface area contributed by atoms with Crippen LogP contribution in [0.25, 0.3) is 0 Å². The van der Waals surface area contributed by atoms with Crippen molar-refractivity contribution < 1.29 is 4.79 Å². The first-order chi connectivity index (χ1) is 12.9. The lowest BCUT2D eigenvalue weighted by molar-refractivity contribution is -0.128. The van der Waals surface area contributed by atoms with Gasteiger partial charge in [0.15, 0.2) is 5.82 Å². The van der Waals surface area contributed by atoms with Crippen LogP contribution in [0.1, 0.15) is 43.4 Å². The highest BCUT2D eigenvalue weighted by molar-refractivity contribution is 5.80. The number of likely N-dealkylation sites (tertiary alicyclic amines) is 1. The average molecular weight is 365 g/mol. The molecule has 27 heavy (non-hydrogen) atoms. The third-order valence-corrected chi connectivity index (χ3v) is 5.47. The number of hydrogen-bond acceptors (Lipinski definition) is 5. The van der Waals surface area contributed by atoms with E-state index in [1.807, 2.05) is 34.8 Å². The first kappa shape index (κ1) is 17.4. The zero-order valence-electron chi connectivity index (χ0n) is 15.8. The summed E-state index contributed by atoms with van der Waals surface area (Å²) in [4.78, 5) is 23.0. The van der Waals surface area contributed by atoms with Gasteiger partial charge in [-0.05, 0) is 19.4 Å². The maximum atomic E-state index is 12.4. The standard InChI is InChI=1S/C19H23N7O/c1-19(2)15(9-17(27)24(19)3)18-22-16(11-25-13-20-12-21-25)23-26(18)10-14-7-5-4-6-8-14/h4-8,12-13,15H,9-11H2,1-3H3/t15-/m0/s1. The minimum Gasteiger partial charge on any atom is -0.340 e. The minimum atomic E-state index is -0.316. The molecule has 0 saturated carbocycles. The van der Waals surface area contributed by atoms with Crippen molar-refractivity contribution in [3.63, 3.8) is 0 Å². The van der Waals surface area contributed by atoms with E-state index in [2.05, 4.69) is 36.1 Å². The third kappa shape index (κ3) is 3.22. The van der Waals surface area contributed by atoms with Crippen LogP contribution in [0.2, 0.25) is 0 Å². The van der Waals surface area contributed by atoms with Gasteiger partial charge in [0.25, 0.3) is 0 Å². The molecule has 3 aromatic rings. The summed E-state index contributed by atoms with van der Waals surface area (Å²) in [6.45, 7) is 5.24. The van der Waals surface area contributed by atoms with E-state index in [0.29, 0.717) is 25.3 Å². The normalized spacial score (nSPS) is 19.0. The lowest BCUT2D eigenvalue weighted by atomic mass is 9.87. The summed E-state index contributed by atoms with van der Waals surface area (Å²) in [7, 11) is 1.86. The fourth-order valence-electron chi connectivity index (χ4n) is 3.58. The molecule has 3 heterocycles. The second-order valence-electron chi connectivity index (χ2n) is 7.49. The molecule has 1 aromatic carbocycles. The van der Waals surface area contributed by atoms with Gasteiger partial charge in [-0.1, -0.05) is 30.3 Å². The Morgan fingerprint density at radius 2 is 1.96 bits per heavy atom. The lowest BCUT2D eigenvalue weighted by Crippen LogP contribution is -2.41. The third-order valence-electron chi connectivity index (χ3n) is 5.47. The molecule has 0 unspecified atom stereocenters. The van der Waals surface area contributed by atoms with Crippen molar-refractivity contribution in [1.82, 2.24) is 34.4 Å². The van der Waals surface area contributed by atoms with Gasteiger partial charge in [0.2, 0.25) is 5.91 Å². The monoisotopic (exact) mass is 365 g/mol. The molecule has 8 heteroatoms. The van der Waals surface area contributed by atoms with Gasteiger partial charge in [0.1, 0.15) is 25.0 Å². The Balaban J connectivity index is 1.72. The van der Waals surface area contributed by atoms with E-state index in [-0.39, 0.29) is 17.4 Å². The van der Waals surface area contributed by atoms with E-state index in [1.165, 1.54) is 6.33 Å². The smallest absolute Gasteiger partial charge is 0.223 e. The van der Waals surface area contributed by atoms with Crippen LogP contribution in [0.4, 0.5) is 0 Å². The van der Waals surface area contributed by atoms with Gasteiger partial charge < -0.3 is 4.90 Å². The highest BCUT2D eigenvalue weighted by Gasteiger charge is 2.47. The Labute approximate surface area is 157 Å². The molecule has 2 aromatic heterocycles. The number of rotatable bonds is 5. The molecule has 140 valence electrons. The van der Waals surface area contributed by atoms with Crippen LogP contribution in [0.15, 0.2) is 43.0 Å². The van der Waals surface area contributed by atoms with Gasteiger partial charge in [-0.25, -0.2) is 19.3 Å². The summed E-state index contributed by atoms with van der Waals surface area (Å²) in [5.74, 6) is 1.63. The van der Waals surface area contributed by atoms with Crippen LogP contribution in [0.3, 0.4) is 0 Å². The molecule has 0 N–H and O–H groups in total. The number of benzene rings is 1. The van der Waals surface area contributed by atoms with Crippen molar-refractivity contribution in [3.8, 4) is 0 Å². The number of likely N-dealkylation sites (N-methyl/N-ethyl adjacent to an activating group) is 1. The fraction of sp³-hybridized carbons (Fsp3) is 0.421. The van der Waals surface area contributed by atoms with E-state index in [4.69, 9.17) is 10.1 Å². The number of hydrogen-bond donors (Lipinski definition) is 0. The highest BCUT2D eigenvalue weighted by atomic mass is 16.2. The summed E-state index contributed by atoms with van der Waals surface area (Å²) in [6.07, 6.45) is 3.59. The Kier molecular flexibility index (Phi) is 4.25. The van der Waals surface area contributed by atoms with Crippen LogP contribution in [0.5, 0.6) is 0 Å². The lowest BCUT2D eigenvalue weighted by Gasteiger charge is -2.32. The summed E-state index contributed by atoms with van der Waals surface area (Å²) >= 11 is 0. The van der Waals surface area contributed by atoms with Gasteiger partial charge >= 0.3 is 0 Å². The molecule has 1 saturated heterocycles. The van der Waals surface area contributed by atoms with Gasteiger partial charge in [-0.15, -0.1) is 0 Å². The second-order valence-corrected chi connectivity index (χ2v) is 7.49. The number of carbonyl (C=O) groups excluding carboxylic acids is 1. The Bertz CT molecular complexity index is 930. The molecule has 1 atom stereocenters. The SMILES string of the molecule is CN1C(=O)C[C@@H](c2nc(Cn3cncn3)nn2Cc2ccccc2)C1(C)C. The van der Waals surface area contributed by atoms with Gasteiger partial charge in [0, 0.05) is 19.0 Å². The van der Waals surface area contributed by atoms with Crippen molar-refractivity contribution in [2.24, 2.45) is 0 Å². The average Bonchev–Trinajstić information content (AvgIpc) is 3.33. The van der Waals surface area contributed by atoms with E-state index in [0.717, 1.165) is 11.4 Å². The van der Waals surface area contributed by atoms with Crippen molar-refractivity contribution in [2.75, 3.05) is 7.05 Å². The molecule has 8 nitrogen and oxygen atoms in total. The number of amides is 1. The van der Waals surface area contributed by atoms with Crippen LogP contribution >= 0.6 is 0 Å². The molecule has 0 bridgehead atoms. The van der Waals surface area contributed by atoms with E-state index >= 15 is 0 Å². The minimum absolute atomic E-state index is 0.0179. The maximum Gasteiger partial charge on any atom is 0.223 e. The van der Waals surface area contributed by atoms with Crippen molar-refractivity contribution in [2.45, 2.75) is 44.8 Å². The zero-order chi connectivity index (χ0) is 19.0. The van der Waals surface area contributed by atoms with E-state index in [9.17, 15) is 4.79 Å². The second kappa shape index (κ2) is 6.61.